The highest BCUT2D eigenvalue weighted by atomic mass is 19.4. The summed E-state index contributed by atoms with van der Waals surface area (Å²) >= 11 is 0. The minimum atomic E-state index is -4.65. The molecular weight excluding hydrogens is 542 g/mol. The number of halogens is 4. The van der Waals surface area contributed by atoms with Gasteiger partial charge >= 0.3 is 6.18 Å². The van der Waals surface area contributed by atoms with Gasteiger partial charge in [0.1, 0.15) is 18.2 Å². The number of fused-ring (bicyclic) bond motifs is 3. The quantitative estimate of drug-likeness (QED) is 0.543. The van der Waals surface area contributed by atoms with Crippen molar-refractivity contribution in [1.29, 1.82) is 0 Å². The van der Waals surface area contributed by atoms with E-state index in [9.17, 15) is 22.8 Å². The van der Waals surface area contributed by atoms with Crippen LogP contribution in [0.25, 0.3) is 0 Å². The molecule has 13 heteroatoms. The summed E-state index contributed by atoms with van der Waals surface area (Å²) in [5.74, 6) is -0.420. The lowest BCUT2D eigenvalue weighted by Gasteiger charge is -2.39. The van der Waals surface area contributed by atoms with Gasteiger partial charge < -0.3 is 24.9 Å². The molecule has 1 aromatic heterocycles. The molecule has 6 rings (SSSR count). The lowest BCUT2D eigenvalue weighted by molar-refractivity contribution is -0.135. The van der Waals surface area contributed by atoms with Gasteiger partial charge in [0.05, 0.1) is 16.7 Å². The molecule has 0 aliphatic carbocycles. The summed E-state index contributed by atoms with van der Waals surface area (Å²) < 4.78 is 57.2. The first-order valence-corrected chi connectivity index (χ1v) is 14.2. The number of hydrogen-bond acceptors (Lipinski definition) is 7. The summed E-state index contributed by atoms with van der Waals surface area (Å²) in [5.41, 5.74) is -0.504. The van der Waals surface area contributed by atoms with E-state index in [-0.39, 0.29) is 54.8 Å². The molecule has 222 valence electrons. The summed E-state index contributed by atoms with van der Waals surface area (Å²) in [6.45, 7) is 4.88. The SMILES string of the molecule is C[C@@H]1CN(c2cc(F)c3c(c2)N(CC(F)(F)F)C(=O)C32CCN(c3nc4c(c(=O)[nH]3)CCCN4C)CC2)C[C@H](C)N1. The van der Waals surface area contributed by atoms with Gasteiger partial charge in [-0.3, -0.25) is 14.6 Å². The number of piperazine rings is 1. The van der Waals surface area contributed by atoms with E-state index >= 15 is 4.39 Å². The minimum absolute atomic E-state index is 0.00319. The molecule has 4 aliphatic rings. The maximum atomic E-state index is 16.0. The number of carbonyl (C=O) groups excluding carboxylic acids is 1. The maximum Gasteiger partial charge on any atom is 0.406 e. The van der Waals surface area contributed by atoms with Crippen LogP contribution in [-0.4, -0.2) is 80.5 Å². The van der Waals surface area contributed by atoms with Crippen molar-refractivity contribution in [3.63, 3.8) is 0 Å². The van der Waals surface area contributed by atoms with Crippen molar-refractivity contribution >= 4 is 29.0 Å². The molecule has 9 nitrogen and oxygen atoms in total. The lowest BCUT2D eigenvalue weighted by Crippen LogP contribution is -2.54. The summed E-state index contributed by atoms with van der Waals surface area (Å²) in [6, 6.07) is 3.14. The molecule has 41 heavy (non-hydrogen) atoms. The van der Waals surface area contributed by atoms with E-state index in [1.54, 1.807) is 6.07 Å². The predicted molar refractivity (Wildman–Crippen MR) is 149 cm³/mol. The zero-order valence-electron chi connectivity index (χ0n) is 23.4. The van der Waals surface area contributed by atoms with Crippen molar-refractivity contribution in [3.05, 3.63) is 39.4 Å². The van der Waals surface area contributed by atoms with Gasteiger partial charge in [-0.25, -0.2) is 4.39 Å². The van der Waals surface area contributed by atoms with Gasteiger partial charge in [0.2, 0.25) is 11.9 Å². The molecule has 5 heterocycles. The molecule has 0 unspecified atom stereocenters. The number of aromatic amines is 1. The molecule has 0 bridgehead atoms. The predicted octanol–water partition coefficient (Wildman–Crippen LogP) is 2.93. The first-order valence-electron chi connectivity index (χ1n) is 14.2. The number of benzene rings is 1. The van der Waals surface area contributed by atoms with Gasteiger partial charge in [0.25, 0.3) is 5.56 Å². The average molecular weight is 578 g/mol. The number of rotatable bonds is 3. The van der Waals surface area contributed by atoms with Crippen molar-refractivity contribution in [3.8, 4) is 0 Å². The molecule has 2 saturated heterocycles. The zero-order chi connectivity index (χ0) is 29.3. The van der Waals surface area contributed by atoms with Gasteiger partial charge in [-0.1, -0.05) is 0 Å². The van der Waals surface area contributed by atoms with E-state index in [0.29, 0.717) is 42.5 Å². The van der Waals surface area contributed by atoms with Gasteiger partial charge in [-0.15, -0.1) is 0 Å². The number of carbonyl (C=O) groups is 1. The molecule has 1 spiro atoms. The van der Waals surface area contributed by atoms with Crippen LogP contribution in [0.4, 0.5) is 40.7 Å². The average Bonchev–Trinajstić information content (AvgIpc) is 3.11. The van der Waals surface area contributed by atoms with Crippen molar-refractivity contribution < 1.29 is 22.4 Å². The van der Waals surface area contributed by atoms with Crippen LogP contribution in [0.5, 0.6) is 0 Å². The van der Waals surface area contributed by atoms with Crippen LogP contribution >= 0.6 is 0 Å². The second-order valence-corrected chi connectivity index (χ2v) is 12.0. The Labute approximate surface area is 235 Å². The summed E-state index contributed by atoms with van der Waals surface area (Å²) in [5, 5.41) is 3.40. The highest BCUT2D eigenvalue weighted by molar-refractivity contribution is 6.09. The molecule has 2 fully saturated rings. The monoisotopic (exact) mass is 577 g/mol. The second-order valence-electron chi connectivity index (χ2n) is 12.0. The van der Waals surface area contributed by atoms with Crippen molar-refractivity contribution in [2.45, 2.75) is 63.2 Å². The van der Waals surface area contributed by atoms with E-state index in [0.717, 1.165) is 17.9 Å². The van der Waals surface area contributed by atoms with Crippen LogP contribution < -0.4 is 30.5 Å². The highest BCUT2D eigenvalue weighted by Gasteiger charge is 2.56. The largest absolute Gasteiger partial charge is 0.406 e. The first kappa shape index (κ1) is 27.8. The Balaban J connectivity index is 1.34. The van der Waals surface area contributed by atoms with Crippen LogP contribution in [0.15, 0.2) is 16.9 Å². The Hall–Kier alpha value is -3.35. The molecule has 2 N–H and O–H groups in total. The first-order chi connectivity index (χ1) is 19.4. The number of amides is 1. The summed E-state index contributed by atoms with van der Waals surface area (Å²) in [7, 11) is 1.88. The Bertz CT molecular complexity index is 1410. The van der Waals surface area contributed by atoms with E-state index in [4.69, 9.17) is 0 Å². The third-order valence-electron chi connectivity index (χ3n) is 8.92. The van der Waals surface area contributed by atoms with Crippen LogP contribution in [-0.2, 0) is 16.6 Å². The third kappa shape index (κ3) is 4.81. The molecule has 1 aromatic carbocycles. The fourth-order valence-corrected chi connectivity index (χ4v) is 7.12. The normalized spacial score (nSPS) is 24.2. The second kappa shape index (κ2) is 9.88. The number of piperidine rings is 1. The van der Waals surface area contributed by atoms with Crippen molar-refractivity contribution in [1.82, 2.24) is 15.3 Å². The topological polar surface area (TPSA) is 87.8 Å². The van der Waals surface area contributed by atoms with Gasteiger partial charge in [-0.05, 0) is 51.7 Å². The Morgan fingerprint density at radius 3 is 2.39 bits per heavy atom. The Morgan fingerprint density at radius 2 is 1.73 bits per heavy atom. The number of nitrogens with zero attached hydrogens (tertiary/aromatic N) is 5. The number of anilines is 4. The molecule has 2 aromatic rings. The number of nitrogens with one attached hydrogen (secondary N) is 2. The van der Waals surface area contributed by atoms with Gasteiger partial charge in [-0.2, -0.15) is 18.2 Å². The molecule has 0 radical (unpaired) electrons. The zero-order valence-corrected chi connectivity index (χ0v) is 23.4. The number of H-pyrrole nitrogens is 1. The fraction of sp³-hybridized carbons (Fsp3) is 0.607. The minimum Gasteiger partial charge on any atom is -0.368 e. The van der Waals surface area contributed by atoms with Crippen LogP contribution in [0.3, 0.4) is 0 Å². The Kier molecular flexibility index (Phi) is 6.70. The standard InChI is InChI=1S/C28H35F4N7O2/c1-16-13-38(14-17(2)33-16)18-11-20(29)22-21(12-18)39(15-28(30,31)32)25(41)27(22)6-9-37(10-7-27)26-34-23-19(24(40)35-26)5-4-8-36(23)3/h11-12,16-17,33H,4-10,13-15H2,1-3H3,(H,34,35,40)/t16-,17+. The molecule has 0 saturated carbocycles. The van der Waals surface area contributed by atoms with Crippen LogP contribution in [0.1, 0.15) is 44.2 Å². The third-order valence-corrected chi connectivity index (χ3v) is 8.92. The van der Waals surface area contributed by atoms with Crippen LogP contribution in [0.2, 0.25) is 0 Å². The lowest BCUT2D eigenvalue weighted by atomic mass is 9.73. The van der Waals surface area contributed by atoms with E-state index in [1.807, 2.05) is 35.6 Å². The summed E-state index contributed by atoms with van der Waals surface area (Å²) in [6.07, 6.45) is -2.96. The van der Waals surface area contributed by atoms with Gasteiger partial charge in [0.15, 0.2) is 0 Å². The fourth-order valence-electron chi connectivity index (χ4n) is 7.12. The smallest absolute Gasteiger partial charge is 0.368 e. The molecular formula is C28H35F4N7O2. The van der Waals surface area contributed by atoms with E-state index < -0.39 is 29.9 Å². The molecule has 4 aliphatic heterocycles. The number of aromatic nitrogens is 2. The maximum absolute atomic E-state index is 16.0. The number of alkyl halides is 3. The van der Waals surface area contributed by atoms with Gasteiger partial charge in [0, 0.05) is 63.1 Å². The van der Waals surface area contributed by atoms with Crippen molar-refractivity contribution in [2.24, 2.45) is 0 Å². The summed E-state index contributed by atoms with van der Waals surface area (Å²) in [4.78, 5) is 40.6. The highest BCUT2D eigenvalue weighted by Crippen LogP contribution is 2.51. The van der Waals surface area contributed by atoms with Crippen LogP contribution in [0, 0.1) is 5.82 Å². The van der Waals surface area contributed by atoms with Crippen molar-refractivity contribution in [2.75, 3.05) is 65.9 Å². The molecule has 1 amide bonds. The number of hydrogen-bond donors (Lipinski definition) is 2. The van der Waals surface area contributed by atoms with E-state index in [2.05, 4.69) is 15.3 Å². The van der Waals surface area contributed by atoms with E-state index in [1.165, 1.54) is 6.07 Å². The molecule has 2 atom stereocenters. The Morgan fingerprint density at radius 1 is 1.05 bits per heavy atom.